The van der Waals surface area contributed by atoms with E-state index in [1.807, 2.05) is 13.0 Å². The molecule has 0 saturated carbocycles. The van der Waals surface area contributed by atoms with Crippen molar-refractivity contribution in [3.8, 4) is 5.75 Å². The van der Waals surface area contributed by atoms with Gasteiger partial charge in [0.05, 0.1) is 30.7 Å². The number of anilines is 3. The summed E-state index contributed by atoms with van der Waals surface area (Å²) in [6.07, 6.45) is 4.79. The van der Waals surface area contributed by atoms with Crippen molar-refractivity contribution in [1.82, 2.24) is 15.0 Å². The van der Waals surface area contributed by atoms with Gasteiger partial charge in [-0.2, -0.15) is 0 Å². The van der Waals surface area contributed by atoms with Gasteiger partial charge in [-0.05, 0) is 43.3 Å². The molecule has 0 fully saturated rings. The fourth-order valence-electron chi connectivity index (χ4n) is 2.37. The summed E-state index contributed by atoms with van der Waals surface area (Å²) in [6.45, 7) is 2.88. The van der Waals surface area contributed by atoms with Crippen LogP contribution in [0.25, 0.3) is 0 Å². The zero-order chi connectivity index (χ0) is 19.1. The smallest absolute Gasteiger partial charge is 0.274 e. The van der Waals surface area contributed by atoms with Gasteiger partial charge in [-0.25, -0.2) is 9.97 Å². The fourth-order valence-corrected chi connectivity index (χ4v) is 2.37. The predicted molar refractivity (Wildman–Crippen MR) is 104 cm³/mol. The van der Waals surface area contributed by atoms with Crippen LogP contribution in [0.5, 0.6) is 5.75 Å². The first kappa shape index (κ1) is 18.1. The van der Waals surface area contributed by atoms with E-state index in [9.17, 15) is 4.79 Å². The van der Waals surface area contributed by atoms with Gasteiger partial charge < -0.3 is 21.1 Å². The monoisotopic (exact) mass is 364 g/mol. The van der Waals surface area contributed by atoms with Crippen molar-refractivity contribution in [3.63, 3.8) is 0 Å². The number of carbonyl (C=O) groups is 1. The summed E-state index contributed by atoms with van der Waals surface area (Å²) in [5.74, 6) is 0.740. The third kappa shape index (κ3) is 4.91. The van der Waals surface area contributed by atoms with Gasteiger partial charge >= 0.3 is 0 Å². The molecule has 0 aliphatic carbocycles. The molecule has 0 aromatic carbocycles. The number of carbonyl (C=O) groups excluding carboxylic acids is 1. The molecule has 3 aromatic rings. The molecule has 0 saturated heterocycles. The van der Waals surface area contributed by atoms with Gasteiger partial charge in [0.15, 0.2) is 0 Å². The molecule has 0 atom stereocenters. The van der Waals surface area contributed by atoms with Crippen LogP contribution in [0.15, 0.2) is 55.0 Å². The van der Waals surface area contributed by atoms with E-state index < -0.39 is 0 Å². The summed E-state index contributed by atoms with van der Waals surface area (Å²) in [5.41, 5.74) is 8.21. The van der Waals surface area contributed by atoms with Crippen molar-refractivity contribution >= 4 is 23.1 Å². The number of amides is 1. The molecule has 3 aromatic heterocycles. The number of hydrogen-bond donors (Lipinski definition) is 3. The molecule has 0 unspecified atom stereocenters. The van der Waals surface area contributed by atoms with Crippen LogP contribution in [0.1, 0.15) is 23.1 Å². The van der Waals surface area contributed by atoms with Crippen molar-refractivity contribution in [2.24, 2.45) is 0 Å². The van der Waals surface area contributed by atoms with Crippen LogP contribution in [0.2, 0.25) is 0 Å². The average molecular weight is 364 g/mol. The number of aromatic nitrogens is 3. The molecule has 3 rings (SSSR count). The first-order valence-electron chi connectivity index (χ1n) is 8.45. The van der Waals surface area contributed by atoms with E-state index in [1.165, 1.54) is 6.20 Å². The fraction of sp³-hybridized carbons (Fsp3) is 0.158. The second-order valence-corrected chi connectivity index (χ2v) is 5.59. The molecule has 8 heteroatoms. The number of hydrogen-bond acceptors (Lipinski definition) is 7. The van der Waals surface area contributed by atoms with E-state index in [-0.39, 0.29) is 5.91 Å². The van der Waals surface area contributed by atoms with Gasteiger partial charge in [0.1, 0.15) is 17.3 Å². The molecule has 0 aliphatic heterocycles. The quantitative estimate of drug-likeness (QED) is 0.590. The van der Waals surface area contributed by atoms with Gasteiger partial charge in [-0.15, -0.1) is 0 Å². The normalized spacial score (nSPS) is 10.3. The standard InChI is InChI=1S/C19H20N6O2/c1-2-27-15-5-6-17(24-12-15)19(26)25-13-7-9-21-14(10-13)11-23-16-4-3-8-22-18(16)20/h3-10,12,23H,2,11H2,1H3,(H2,20,22)(H,21,25,26). The lowest BCUT2D eigenvalue weighted by atomic mass is 10.2. The molecule has 0 bridgehead atoms. The Labute approximate surface area is 156 Å². The zero-order valence-electron chi connectivity index (χ0n) is 14.8. The van der Waals surface area contributed by atoms with Gasteiger partial charge in [0.25, 0.3) is 5.91 Å². The van der Waals surface area contributed by atoms with Gasteiger partial charge in [0.2, 0.25) is 0 Å². The lowest BCUT2D eigenvalue weighted by molar-refractivity contribution is 0.102. The summed E-state index contributed by atoms with van der Waals surface area (Å²) in [5, 5.41) is 5.98. The van der Waals surface area contributed by atoms with Crippen LogP contribution in [0, 0.1) is 0 Å². The van der Waals surface area contributed by atoms with Crippen molar-refractivity contribution in [3.05, 3.63) is 66.4 Å². The Morgan fingerprint density at radius 1 is 1.15 bits per heavy atom. The van der Waals surface area contributed by atoms with Gasteiger partial charge in [-0.1, -0.05) is 0 Å². The van der Waals surface area contributed by atoms with Crippen LogP contribution in [0.4, 0.5) is 17.2 Å². The predicted octanol–water partition coefficient (Wildman–Crippen LogP) is 2.72. The molecule has 1 amide bonds. The van der Waals surface area contributed by atoms with Crippen LogP contribution >= 0.6 is 0 Å². The lowest BCUT2D eigenvalue weighted by Gasteiger charge is -2.10. The molecular weight excluding hydrogens is 344 g/mol. The highest BCUT2D eigenvalue weighted by atomic mass is 16.5. The minimum absolute atomic E-state index is 0.304. The van der Waals surface area contributed by atoms with Crippen LogP contribution in [0.3, 0.4) is 0 Å². The number of nitrogen functional groups attached to an aromatic ring is 1. The second kappa shape index (κ2) is 8.61. The number of pyridine rings is 3. The minimum atomic E-state index is -0.306. The summed E-state index contributed by atoms with van der Waals surface area (Å²) in [7, 11) is 0. The molecule has 138 valence electrons. The Morgan fingerprint density at radius 3 is 2.78 bits per heavy atom. The molecular formula is C19H20N6O2. The maximum atomic E-state index is 12.3. The minimum Gasteiger partial charge on any atom is -0.492 e. The third-order valence-corrected chi connectivity index (χ3v) is 3.65. The maximum Gasteiger partial charge on any atom is 0.274 e. The molecule has 0 radical (unpaired) electrons. The van der Waals surface area contributed by atoms with E-state index in [2.05, 4.69) is 25.6 Å². The Bertz CT molecular complexity index is 914. The zero-order valence-corrected chi connectivity index (χ0v) is 14.8. The van der Waals surface area contributed by atoms with Gasteiger partial charge in [-0.3, -0.25) is 9.78 Å². The summed E-state index contributed by atoms with van der Waals surface area (Å²) in [4.78, 5) is 24.8. The summed E-state index contributed by atoms with van der Waals surface area (Å²) < 4.78 is 5.32. The van der Waals surface area contributed by atoms with E-state index in [0.717, 1.165) is 11.4 Å². The molecule has 8 nitrogen and oxygen atoms in total. The molecule has 27 heavy (non-hydrogen) atoms. The first-order chi connectivity index (χ1) is 13.2. The molecule has 3 heterocycles. The molecule has 0 aliphatic rings. The SMILES string of the molecule is CCOc1ccc(C(=O)Nc2ccnc(CNc3cccnc3N)c2)nc1. The summed E-state index contributed by atoms with van der Waals surface area (Å²) >= 11 is 0. The largest absolute Gasteiger partial charge is 0.492 e. The maximum absolute atomic E-state index is 12.3. The van der Waals surface area contributed by atoms with Gasteiger partial charge in [0, 0.05) is 18.1 Å². The highest BCUT2D eigenvalue weighted by Crippen LogP contribution is 2.16. The van der Waals surface area contributed by atoms with Crippen molar-refractivity contribution in [2.75, 3.05) is 23.0 Å². The Kier molecular flexibility index (Phi) is 5.78. The van der Waals surface area contributed by atoms with E-state index in [1.54, 1.807) is 42.7 Å². The van der Waals surface area contributed by atoms with E-state index in [0.29, 0.717) is 36.1 Å². The number of ether oxygens (including phenoxy) is 1. The average Bonchev–Trinajstić information content (AvgIpc) is 2.68. The van der Waals surface area contributed by atoms with Crippen molar-refractivity contribution in [1.29, 1.82) is 0 Å². The van der Waals surface area contributed by atoms with E-state index >= 15 is 0 Å². The first-order valence-corrected chi connectivity index (χ1v) is 8.45. The number of rotatable bonds is 7. The van der Waals surface area contributed by atoms with Crippen LogP contribution < -0.4 is 21.1 Å². The Hall–Kier alpha value is -3.68. The number of nitrogens with zero attached hydrogens (tertiary/aromatic N) is 3. The second-order valence-electron chi connectivity index (χ2n) is 5.59. The lowest BCUT2D eigenvalue weighted by Crippen LogP contribution is -2.14. The number of nitrogens with two attached hydrogens (primary N) is 1. The molecule has 0 spiro atoms. The molecule has 4 N–H and O–H groups in total. The van der Waals surface area contributed by atoms with Crippen LogP contribution in [-0.4, -0.2) is 27.5 Å². The summed E-state index contributed by atoms with van der Waals surface area (Å²) in [6, 6.07) is 10.5. The van der Waals surface area contributed by atoms with Crippen molar-refractivity contribution < 1.29 is 9.53 Å². The van der Waals surface area contributed by atoms with E-state index in [4.69, 9.17) is 10.5 Å². The highest BCUT2D eigenvalue weighted by molar-refractivity contribution is 6.02. The highest BCUT2D eigenvalue weighted by Gasteiger charge is 2.09. The third-order valence-electron chi connectivity index (χ3n) is 3.65. The van der Waals surface area contributed by atoms with Crippen LogP contribution in [-0.2, 0) is 6.54 Å². The Balaban J connectivity index is 1.63. The van der Waals surface area contributed by atoms with Crippen molar-refractivity contribution in [2.45, 2.75) is 13.5 Å². The topological polar surface area (TPSA) is 115 Å². The number of nitrogens with one attached hydrogen (secondary N) is 2. The Morgan fingerprint density at radius 2 is 2.04 bits per heavy atom.